The monoisotopic (exact) mass is 261 g/mol. The van der Waals surface area contributed by atoms with Crippen LogP contribution in [0.4, 0.5) is 13.2 Å². The van der Waals surface area contributed by atoms with Gasteiger partial charge in [-0.25, -0.2) is 13.2 Å². The highest BCUT2D eigenvalue weighted by atomic mass is 19.2. The Bertz CT molecular complexity index is 385. The van der Waals surface area contributed by atoms with Crippen LogP contribution in [0.2, 0.25) is 0 Å². The molecule has 0 aliphatic carbocycles. The number of hydrogen-bond donors (Lipinski definition) is 1. The highest BCUT2D eigenvalue weighted by molar-refractivity contribution is 5.23. The molecule has 0 amide bonds. The smallest absolute Gasteiger partial charge is 0.194 e. The average molecular weight is 261 g/mol. The predicted molar refractivity (Wildman–Crippen MR) is 63.8 cm³/mol. The van der Waals surface area contributed by atoms with Crippen LogP contribution in [-0.2, 0) is 4.74 Å². The third-order valence-electron chi connectivity index (χ3n) is 2.73. The Balaban J connectivity index is 2.87. The van der Waals surface area contributed by atoms with Crippen LogP contribution in [0.25, 0.3) is 0 Å². The Labute approximate surface area is 105 Å². The fraction of sp³-hybridized carbons (Fsp3) is 0.538. The standard InChI is InChI=1S/C13H18F3NO/c1-3-17-11(5-4-8-18-2)9-6-7-10(14)13(16)12(9)15/h6-7,11,17H,3-5,8H2,1-2H3. The van der Waals surface area contributed by atoms with E-state index in [1.165, 1.54) is 6.07 Å². The normalized spacial score (nSPS) is 12.7. The van der Waals surface area contributed by atoms with E-state index in [0.29, 0.717) is 26.0 Å². The van der Waals surface area contributed by atoms with Crippen molar-refractivity contribution in [3.05, 3.63) is 35.1 Å². The number of methoxy groups -OCH3 is 1. The van der Waals surface area contributed by atoms with Crippen molar-refractivity contribution in [1.29, 1.82) is 0 Å². The molecule has 0 bridgehead atoms. The summed E-state index contributed by atoms with van der Waals surface area (Å²) in [6.07, 6.45) is 1.32. The van der Waals surface area contributed by atoms with E-state index < -0.39 is 17.5 Å². The van der Waals surface area contributed by atoms with Crippen molar-refractivity contribution in [1.82, 2.24) is 5.32 Å². The van der Waals surface area contributed by atoms with Crippen LogP contribution in [0.1, 0.15) is 31.4 Å². The van der Waals surface area contributed by atoms with Crippen molar-refractivity contribution in [2.45, 2.75) is 25.8 Å². The molecule has 0 saturated carbocycles. The Morgan fingerprint density at radius 2 is 1.94 bits per heavy atom. The zero-order valence-electron chi connectivity index (χ0n) is 10.6. The van der Waals surface area contributed by atoms with Crippen LogP contribution in [0.5, 0.6) is 0 Å². The van der Waals surface area contributed by atoms with E-state index in [1.54, 1.807) is 7.11 Å². The van der Waals surface area contributed by atoms with Gasteiger partial charge in [0, 0.05) is 25.3 Å². The van der Waals surface area contributed by atoms with Crippen molar-refractivity contribution in [2.24, 2.45) is 0 Å². The number of halogens is 3. The predicted octanol–water partition coefficient (Wildman–Crippen LogP) is 3.18. The summed E-state index contributed by atoms with van der Waals surface area (Å²) in [6.45, 7) is 3.05. The zero-order valence-corrected chi connectivity index (χ0v) is 10.6. The molecule has 1 unspecified atom stereocenters. The number of rotatable bonds is 7. The van der Waals surface area contributed by atoms with E-state index >= 15 is 0 Å². The van der Waals surface area contributed by atoms with Crippen LogP contribution in [0.15, 0.2) is 12.1 Å². The molecule has 0 saturated heterocycles. The quantitative estimate of drug-likeness (QED) is 0.601. The molecular formula is C13H18F3NO. The molecule has 0 aromatic heterocycles. The van der Waals surface area contributed by atoms with Gasteiger partial charge < -0.3 is 10.1 Å². The Kier molecular flexibility index (Phi) is 6.15. The van der Waals surface area contributed by atoms with Crippen molar-refractivity contribution in [2.75, 3.05) is 20.3 Å². The number of nitrogens with one attached hydrogen (secondary N) is 1. The first-order valence-electron chi connectivity index (χ1n) is 5.97. The largest absolute Gasteiger partial charge is 0.385 e. The SMILES string of the molecule is CCNC(CCCOC)c1ccc(F)c(F)c1F. The minimum atomic E-state index is -1.41. The topological polar surface area (TPSA) is 21.3 Å². The third kappa shape index (κ3) is 3.71. The first-order valence-corrected chi connectivity index (χ1v) is 5.97. The summed E-state index contributed by atoms with van der Waals surface area (Å²) < 4.78 is 44.6. The lowest BCUT2D eigenvalue weighted by atomic mass is 10.0. The van der Waals surface area contributed by atoms with Gasteiger partial charge in [-0.15, -0.1) is 0 Å². The molecule has 0 heterocycles. The lowest BCUT2D eigenvalue weighted by Gasteiger charge is -2.19. The van der Waals surface area contributed by atoms with Crippen molar-refractivity contribution >= 4 is 0 Å². The highest BCUT2D eigenvalue weighted by Gasteiger charge is 2.19. The molecule has 1 N–H and O–H groups in total. The molecule has 1 atom stereocenters. The minimum absolute atomic E-state index is 0.159. The van der Waals surface area contributed by atoms with Crippen LogP contribution in [0, 0.1) is 17.5 Å². The molecule has 0 spiro atoms. The number of benzene rings is 1. The summed E-state index contributed by atoms with van der Waals surface area (Å²) >= 11 is 0. The van der Waals surface area contributed by atoms with E-state index in [0.717, 1.165) is 6.07 Å². The summed E-state index contributed by atoms with van der Waals surface area (Å²) in [7, 11) is 1.58. The average Bonchev–Trinajstić information content (AvgIpc) is 2.36. The molecule has 0 fully saturated rings. The first-order chi connectivity index (χ1) is 8.61. The van der Waals surface area contributed by atoms with Crippen molar-refractivity contribution < 1.29 is 17.9 Å². The van der Waals surface area contributed by atoms with Gasteiger partial charge in [0.05, 0.1) is 0 Å². The van der Waals surface area contributed by atoms with Gasteiger partial charge in [0.2, 0.25) is 0 Å². The van der Waals surface area contributed by atoms with Crippen LogP contribution in [-0.4, -0.2) is 20.3 Å². The maximum atomic E-state index is 13.7. The fourth-order valence-electron chi connectivity index (χ4n) is 1.86. The zero-order chi connectivity index (χ0) is 13.5. The summed E-state index contributed by atoms with van der Waals surface area (Å²) in [4.78, 5) is 0. The molecule has 2 nitrogen and oxygen atoms in total. The molecule has 0 aliphatic rings. The number of ether oxygens (including phenoxy) is 1. The van der Waals surface area contributed by atoms with Gasteiger partial charge in [-0.05, 0) is 25.5 Å². The lowest BCUT2D eigenvalue weighted by Crippen LogP contribution is -2.23. The van der Waals surface area contributed by atoms with E-state index in [-0.39, 0.29) is 11.6 Å². The minimum Gasteiger partial charge on any atom is -0.385 e. The van der Waals surface area contributed by atoms with Gasteiger partial charge in [0.25, 0.3) is 0 Å². The van der Waals surface area contributed by atoms with E-state index in [1.807, 2.05) is 6.92 Å². The molecule has 1 aromatic rings. The van der Waals surface area contributed by atoms with Crippen LogP contribution >= 0.6 is 0 Å². The van der Waals surface area contributed by atoms with E-state index in [2.05, 4.69) is 5.32 Å². The molecule has 1 aromatic carbocycles. The summed E-state index contributed by atoms with van der Waals surface area (Å²) in [6, 6.07) is 1.91. The second-order valence-corrected chi connectivity index (χ2v) is 4.01. The molecule has 1 rings (SSSR count). The van der Waals surface area contributed by atoms with Crippen molar-refractivity contribution in [3.63, 3.8) is 0 Å². The van der Waals surface area contributed by atoms with Crippen molar-refractivity contribution in [3.8, 4) is 0 Å². The summed E-state index contributed by atoms with van der Waals surface area (Å²) in [5, 5.41) is 3.06. The van der Waals surface area contributed by atoms with Gasteiger partial charge in [-0.2, -0.15) is 0 Å². The van der Waals surface area contributed by atoms with Crippen LogP contribution < -0.4 is 5.32 Å². The van der Waals surface area contributed by atoms with Gasteiger partial charge >= 0.3 is 0 Å². The van der Waals surface area contributed by atoms with E-state index in [4.69, 9.17) is 4.74 Å². The van der Waals surface area contributed by atoms with Gasteiger partial charge in [0.1, 0.15) is 0 Å². The lowest BCUT2D eigenvalue weighted by molar-refractivity contribution is 0.188. The molecule has 18 heavy (non-hydrogen) atoms. The molecule has 0 aliphatic heterocycles. The highest BCUT2D eigenvalue weighted by Crippen LogP contribution is 2.24. The van der Waals surface area contributed by atoms with Crippen LogP contribution in [0.3, 0.4) is 0 Å². The second-order valence-electron chi connectivity index (χ2n) is 4.01. The Hall–Kier alpha value is -1.07. The molecule has 0 radical (unpaired) electrons. The Morgan fingerprint density at radius 3 is 2.56 bits per heavy atom. The fourth-order valence-corrected chi connectivity index (χ4v) is 1.86. The molecular weight excluding hydrogens is 243 g/mol. The van der Waals surface area contributed by atoms with Gasteiger partial charge in [-0.1, -0.05) is 13.0 Å². The maximum Gasteiger partial charge on any atom is 0.194 e. The van der Waals surface area contributed by atoms with Gasteiger partial charge in [-0.3, -0.25) is 0 Å². The number of hydrogen-bond acceptors (Lipinski definition) is 2. The maximum absolute atomic E-state index is 13.7. The summed E-state index contributed by atoms with van der Waals surface area (Å²) in [5.41, 5.74) is 0.159. The molecule has 5 heteroatoms. The third-order valence-corrected chi connectivity index (χ3v) is 2.73. The summed E-state index contributed by atoms with van der Waals surface area (Å²) in [5.74, 6) is -3.69. The van der Waals surface area contributed by atoms with E-state index in [9.17, 15) is 13.2 Å². The second kappa shape index (κ2) is 7.38. The Morgan fingerprint density at radius 1 is 1.22 bits per heavy atom. The molecule has 102 valence electrons. The van der Waals surface area contributed by atoms with Gasteiger partial charge in [0.15, 0.2) is 17.5 Å². The first kappa shape index (κ1) is 15.0.